The van der Waals surface area contributed by atoms with E-state index in [9.17, 15) is 0 Å². The summed E-state index contributed by atoms with van der Waals surface area (Å²) < 4.78 is 0. The Hall–Kier alpha value is -1.30. The fraction of sp³-hybridized carbons (Fsp3) is 0.737. The van der Waals surface area contributed by atoms with E-state index < -0.39 is 0 Å². The maximum atomic E-state index is 5.04. The fourth-order valence-corrected chi connectivity index (χ4v) is 11.7. The van der Waals surface area contributed by atoms with Crippen molar-refractivity contribution in [3.05, 3.63) is 60.3 Å². The lowest BCUT2D eigenvalue weighted by Crippen LogP contribution is -2.52. The molecule has 5 fully saturated rings. The zero-order chi connectivity index (χ0) is 26.9. The molecule has 0 aromatic rings. The van der Waals surface area contributed by atoms with Crippen LogP contribution in [0, 0.1) is 57.7 Å². The van der Waals surface area contributed by atoms with Gasteiger partial charge in [0.05, 0.1) is 0 Å². The lowest BCUT2D eigenvalue weighted by atomic mass is 9.44. The van der Waals surface area contributed by atoms with E-state index in [1.165, 1.54) is 94.6 Å². The molecule has 38 heavy (non-hydrogen) atoms. The number of rotatable bonds is 6. The van der Waals surface area contributed by atoms with Crippen LogP contribution >= 0.6 is 0 Å². The highest BCUT2D eigenvalue weighted by Gasteiger charge is 2.70. The van der Waals surface area contributed by atoms with Gasteiger partial charge in [-0.1, -0.05) is 114 Å². The lowest BCUT2D eigenvalue weighted by molar-refractivity contribution is -0.0620. The Morgan fingerprint density at radius 1 is 0.947 bits per heavy atom. The van der Waals surface area contributed by atoms with Crippen molar-refractivity contribution in [3.8, 4) is 0 Å². The molecule has 6 aliphatic carbocycles. The van der Waals surface area contributed by atoms with Crippen LogP contribution in [0.25, 0.3) is 0 Å². The molecule has 0 spiro atoms. The van der Waals surface area contributed by atoms with Gasteiger partial charge in [0.15, 0.2) is 0 Å². The van der Waals surface area contributed by atoms with Crippen molar-refractivity contribution in [2.24, 2.45) is 57.7 Å². The van der Waals surface area contributed by atoms with E-state index in [0.717, 1.165) is 41.9 Å². The van der Waals surface area contributed by atoms with Crippen LogP contribution in [0.3, 0.4) is 0 Å². The topological polar surface area (TPSA) is 0 Å². The molecular formula is C38H56. The van der Waals surface area contributed by atoms with Gasteiger partial charge in [-0.15, -0.1) is 0 Å². The highest BCUT2D eigenvalue weighted by atomic mass is 14.7. The number of fused-ring (bicyclic) bond motifs is 7. The second-order valence-electron chi connectivity index (χ2n) is 15.7. The second kappa shape index (κ2) is 9.66. The molecule has 0 heterocycles. The molecule has 0 amide bonds. The highest BCUT2D eigenvalue weighted by Crippen LogP contribution is 2.77. The average molecular weight is 513 g/mol. The Bertz CT molecular complexity index is 1040. The first-order valence-electron chi connectivity index (χ1n) is 16.6. The van der Waals surface area contributed by atoms with E-state index in [-0.39, 0.29) is 5.41 Å². The zero-order valence-electron chi connectivity index (χ0n) is 25.3. The van der Waals surface area contributed by atoms with Crippen molar-refractivity contribution in [2.45, 2.75) is 118 Å². The largest absolute Gasteiger partial charge is 0.0996 e. The van der Waals surface area contributed by atoms with Crippen molar-refractivity contribution in [1.29, 1.82) is 0 Å². The molecule has 5 saturated carbocycles. The van der Waals surface area contributed by atoms with Gasteiger partial charge < -0.3 is 0 Å². The van der Waals surface area contributed by atoms with Gasteiger partial charge in [-0.3, -0.25) is 0 Å². The predicted octanol–water partition coefficient (Wildman–Crippen LogP) is 11.0. The van der Waals surface area contributed by atoms with Crippen molar-refractivity contribution in [3.63, 3.8) is 0 Å². The van der Waals surface area contributed by atoms with Crippen LogP contribution in [0.5, 0.6) is 0 Å². The monoisotopic (exact) mass is 512 g/mol. The molecule has 6 aliphatic rings. The molecule has 0 heteroatoms. The van der Waals surface area contributed by atoms with E-state index in [2.05, 4.69) is 59.1 Å². The van der Waals surface area contributed by atoms with Gasteiger partial charge in [-0.05, 0) is 116 Å². The standard InChI is InChI=1S/C38H56/c1-25(2)27(4)13-14-28(5)38-24-30(29-11-9-8-10-12-29)22-32(38)23-35-33-16-15-31-21-26(3)17-19-36(31,6)34(33)18-20-37(35,38)7/h17,19,21,25,29-30,32-35H,3-5,8-16,18,20,22-24H2,1-2,6-7H3. The fourth-order valence-electron chi connectivity index (χ4n) is 11.7. The molecular weight excluding hydrogens is 456 g/mol. The molecule has 8 atom stereocenters. The summed E-state index contributed by atoms with van der Waals surface area (Å²) in [6.07, 6.45) is 27.0. The van der Waals surface area contributed by atoms with E-state index in [0.29, 0.717) is 16.7 Å². The third kappa shape index (κ3) is 3.89. The highest BCUT2D eigenvalue weighted by molar-refractivity contribution is 5.44. The molecule has 0 N–H and O–H groups in total. The Morgan fingerprint density at radius 3 is 2.45 bits per heavy atom. The van der Waals surface area contributed by atoms with Gasteiger partial charge in [-0.2, -0.15) is 0 Å². The summed E-state index contributed by atoms with van der Waals surface area (Å²) in [7, 11) is 0. The molecule has 8 unspecified atom stereocenters. The van der Waals surface area contributed by atoms with Gasteiger partial charge in [0.2, 0.25) is 0 Å². The third-order valence-corrected chi connectivity index (χ3v) is 14.0. The van der Waals surface area contributed by atoms with E-state index in [1.807, 2.05) is 0 Å². The Kier molecular flexibility index (Phi) is 6.84. The van der Waals surface area contributed by atoms with Crippen LogP contribution in [0.4, 0.5) is 0 Å². The van der Waals surface area contributed by atoms with Gasteiger partial charge in [0, 0.05) is 5.41 Å². The molecule has 0 aromatic carbocycles. The quantitative estimate of drug-likeness (QED) is 0.310. The summed E-state index contributed by atoms with van der Waals surface area (Å²) in [4.78, 5) is 0. The summed E-state index contributed by atoms with van der Waals surface area (Å²) in [5.74, 6) is 5.96. The van der Waals surface area contributed by atoms with Crippen LogP contribution < -0.4 is 0 Å². The molecule has 0 bridgehead atoms. The van der Waals surface area contributed by atoms with E-state index in [1.54, 1.807) is 11.1 Å². The van der Waals surface area contributed by atoms with E-state index in [4.69, 9.17) is 6.58 Å². The van der Waals surface area contributed by atoms with Crippen LogP contribution in [-0.4, -0.2) is 0 Å². The molecule has 0 radical (unpaired) electrons. The van der Waals surface area contributed by atoms with Crippen molar-refractivity contribution < 1.29 is 0 Å². The Morgan fingerprint density at radius 2 is 1.71 bits per heavy atom. The lowest BCUT2D eigenvalue weighted by Gasteiger charge is -2.60. The zero-order valence-corrected chi connectivity index (χ0v) is 25.3. The minimum atomic E-state index is 0.257. The average Bonchev–Trinajstić information content (AvgIpc) is 3.41. The summed E-state index contributed by atoms with van der Waals surface area (Å²) in [6, 6.07) is 0. The Labute approximate surface area is 235 Å². The number of hydrogen-bond acceptors (Lipinski definition) is 0. The molecule has 0 aromatic heterocycles. The third-order valence-electron chi connectivity index (χ3n) is 14.0. The van der Waals surface area contributed by atoms with Gasteiger partial charge >= 0.3 is 0 Å². The maximum Gasteiger partial charge on any atom is 0.0100 e. The van der Waals surface area contributed by atoms with Gasteiger partial charge in [-0.25, -0.2) is 0 Å². The first-order valence-corrected chi connectivity index (χ1v) is 16.6. The Balaban J connectivity index is 1.32. The molecule has 6 rings (SSSR count). The molecule has 0 saturated heterocycles. The van der Waals surface area contributed by atoms with Crippen LogP contribution in [0.15, 0.2) is 60.3 Å². The van der Waals surface area contributed by atoms with Crippen molar-refractivity contribution in [1.82, 2.24) is 0 Å². The SMILES string of the molecule is C=C1C=CC2(C)C(=C1)CCC1C2CCC2(C)C1CC1CC(C3CCCCC3)CC12C(=C)CCC(=C)C(C)C. The summed E-state index contributed by atoms with van der Waals surface area (Å²) in [5.41, 5.74) is 7.01. The molecule has 208 valence electrons. The summed E-state index contributed by atoms with van der Waals surface area (Å²) >= 11 is 0. The van der Waals surface area contributed by atoms with Crippen LogP contribution in [0.2, 0.25) is 0 Å². The minimum Gasteiger partial charge on any atom is -0.0996 e. The summed E-state index contributed by atoms with van der Waals surface area (Å²) in [5, 5.41) is 0. The van der Waals surface area contributed by atoms with Gasteiger partial charge in [0.1, 0.15) is 0 Å². The maximum absolute atomic E-state index is 5.04. The normalized spacial score (nSPS) is 44.3. The molecule has 0 nitrogen and oxygen atoms in total. The van der Waals surface area contributed by atoms with Crippen LogP contribution in [-0.2, 0) is 0 Å². The smallest absolute Gasteiger partial charge is 0.0100 e. The van der Waals surface area contributed by atoms with Crippen molar-refractivity contribution in [2.75, 3.05) is 0 Å². The minimum absolute atomic E-state index is 0.257. The first kappa shape index (κ1) is 26.9. The first-order chi connectivity index (χ1) is 18.1. The number of hydrogen-bond donors (Lipinski definition) is 0. The second-order valence-corrected chi connectivity index (χ2v) is 15.7. The van der Waals surface area contributed by atoms with Crippen molar-refractivity contribution >= 4 is 0 Å². The van der Waals surface area contributed by atoms with Gasteiger partial charge in [0.25, 0.3) is 0 Å². The molecule has 0 aliphatic heterocycles. The summed E-state index contributed by atoms with van der Waals surface area (Å²) in [6.45, 7) is 23.8. The van der Waals surface area contributed by atoms with E-state index >= 15 is 0 Å². The predicted molar refractivity (Wildman–Crippen MR) is 164 cm³/mol. The number of allylic oxidation sites excluding steroid dienone is 7. The van der Waals surface area contributed by atoms with Crippen LogP contribution in [0.1, 0.15) is 118 Å².